The monoisotopic (exact) mass is 332 g/mol. The van der Waals surface area contributed by atoms with Crippen LogP contribution in [0.1, 0.15) is 28.9 Å². The number of carbonyl (C=O) groups is 1. The summed E-state index contributed by atoms with van der Waals surface area (Å²) in [5.41, 5.74) is 1.71. The van der Waals surface area contributed by atoms with Crippen molar-refractivity contribution >= 4 is 23.2 Å². The van der Waals surface area contributed by atoms with Crippen molar-refractivity contribution in [1.29, 1.82) is 0 Å². The van der Waals surface area contributed by atoms with Gasteiger partial charge in [0.2, 0.25) is 0 Å². The molecule has 0 bridgehead atoms. The predicted octanol–water partition coefficient (Wildman–Crippen LogP) is 1.95. The molecule has 0 saturated carbocycles. The van der Waals surface area contributed by atoms with Crippen molar-refractivity contribution in [2.75, 3.05) is 18.0 Å². The number of hydrogen-bond acceptors (Lipinski definition) is 4. The summed E-state index contributed by atoms with van der Waals surface area (Å²) in [5.74, 6) is -0.248. The number of nitrogens with zero attached hydrogens (tertiary/aromatic N) is 2. The number of rotatable bonds is 4. The van der Waals surface area contributed by atoms with Crippen LogP contribution in [-0.2, 0) is 6.54 Å². The van der Waals surface area contributed by atoms with Gasteiger partial charge in [0.05, 0.1) is 29.3 Å². The highest BCUT2D eigenvalue weighted by Crippen LogP contribution is 2.29. The van der Waals surface area contributed by atoms with Crippen molar-refractivity contribution in [3.05, 3.63) is 57.2 Å². The van der Waals surface area contributed by atoms with Crippen molar-refractivity contribution in [3.63, 3.8) is 0 Å². The Balaban J connectivity index is 1.67. The topological polar surface area (TPSA) is 78.1 Å². The molecule has 6 nitrogen and oxygen atoms in total. The van der Waals surface area contributed by atoms with Crippen LogP contribution in [0.3, 0.4) is 0 Å². The fourth-order valence-corrected chi connectivity index (χ4v) is 2.94. The van der Waals surface area contributed by atoms with Gasteiger partial charge in [-0.15, -0.1) is 0 Å². The van der Waals surface area contributed by atoms with Crippen molar-refractivity contribution in [1.82, 2.24) is 15.3 Å². The second-order valence-electron chi connectivity index (χ2n) is 5.45. The number of anilines is 1. The van der Waals surface area contributed by atoms with Crippen LogP contribution in [0.15, 0.2) is 35.4 Å². The molecule has 1 saturated heterocycles. The number of aromatic amines is 1. The Morgan fingerprint density at radius 3 is 2.78 bits per heavy atom. The summed E-state index contributed by atoms with van der Waals surface area (Å²) in [7, 11) is 0. The van der Waals surface area contributed by atoms with Gasteiger partial charge in [-0.2, -0.15) is 0 Å². The van der Waals surface area contributed by atoms with E-state index in [1.165, 1.54) is 25.2 Å². The highest BCUT2D eigenvalue weighted by Gasteiger charge is 2.16. The molecule has 0 aliphatic carbocycles. The Kier molecular flexibility index (Phi) is 4.62. The number of hydrogen-bond donors (Lipinski definition) is 2. The molecule has 1 aliphatic rings. The molecule has 1 amide bonds. The maximum Gasteiger partial charge on any atom is 0.251 e. The SMILES string of the molecule is O=C(NCc1cc(=O)[nH]cn1)c1ccc(N2CCCC2)c(Cl)c1. The van der Waals surface area contributed by atoms with E-state index in [0.29, 0.717) is 16.3 Å². The third kappa shape index (κ3) is 3.71. The Morgan fingerprint density at radius 2 is 2.09 bits per heavy atom. The van der Waals surface area contributed by atoms with E-state index >= 15 is 0 Å². The summed E-state index contributed by atoms with van der Waals surface area (Å²) in [5, 5.41) is 3.31. The van der Waals surface area contributed by atoms with Crippen LogP contribution in [0.2, 0.25) is 5.02 Å². The lowest BCUT2D eigenvalue weighted by atomic mass is 10.2. The first-order chi connectivity index (χ1) is 11.1. The molecule has 2 heterocycles. The molecule has 3 rings (SSSR count). The Labute approximate surface area is 138 Å². The summed E-state index contributed by atoms with van der Waals surface area (Å²) in [4.78, 5) is 32.0. The van der Waals surface area contributed by atoms with Crippen molar-refractivity contribution in [2.24, 2.45) is 0 Å². The molecule has 1 aliphatic heterocycles. The van der Waals surface area contributed by atoms with E-state index in [1.807, 2.05) is 6.07 Å². The van der Waals surface area contributed by atoms with E-state index in [1.54, 1.807) is 12.1 Å². The fourth-order valence-electron chi connectivity index (χ4n) is 2.64. The number of amides is 1. The first-order valence-corrected chi connectivity index (χ1v) is 7.87. The third-order valence-electron chi connectivity index (χ3n) is 3.82. The van der Waals surface area contributed by atoms with E-state index in [-0.39, 0.29) is 18.0 Å². The fraction of sp³-hybridized carbons (Fsp3) is 0.312. The van der Waals surface area contributed by atoms with Gasteiger partial charge in [0.1, 0.15) is 0 Å². The molecular weight excluding hydrogens is 316 g/mol. The Bertz CT molecular complexity index is 769. The summed E-state index contributed by atoms with van der Waals surface area (Å²) >= 11 is 6.31. The van der Waals surface area contributed by atoms with Crippen molar-refractivity contribution < 1.29 is 4.79 Å². The minimum atomic E-state index is -0.248. The highest BCUT2D eigenvalue weighted by atomic mass is 35.5. The van der Waals surface area contributed by atoms with Gasteiger partial charge in [-0.1, -0.05) is 11.6 Å². The molecule has 0 atom stereocenters. The van der Waals surface area contributed by atoms with Crippen molar-refractivity contribution in [2.45, 2.75) is 19.4 Å². The predicted molar refractivity (Wildman–Crippen MR) is 88.9 cm³/mol. The molecule has 7 heteroatoms. The third-order valence-corrected chi connectivity index (χ3v) is 4.12. The summed E-state index contributed by atoms with van der Waals surface area (Å²) in [6.45, 7) is 2.19. The molecule has 2 aromatic rings. The molecular formula is C16H17ClN4O2. The Hall–Kier alpha value is -2.34. The van der Waals surface area contributed by atoms with Gasteiger partial charge in [-0.05, 0) is 31.0 Å². The number of carbonyl (C=O) groups excluding carboxylic acids is 1. The summed E-state index contributed by atoms with van der Waals surface area (Å²) < 4.78 is 0. The van der Waals surface area contributed by atoms with Crippen LogP contribution in [-0.4, -0.2) is 29.0 Å². The van der Waals surface area contributed by atoms with Crippen LogP contribution in [0.5, 0.6) is 0 Å². The highest BCUT2D eigenvalue weighted by molar-refractivity contribution is 6.33. The molecule has 0 unspecified atom stereocenters. The molecule has 23 heavy (non-hydrogen) atoms. The maximum atomic E-state index is 12.2. The number of halogens is 1. The average molecular weight is 333 g/mol. The largest absolute Gasteiger partial charge is 0.370 e. The van der Waals surface area contributed by atoms with Crippen LogP contribution < -0.4 is 15.8 Å². The summed E-state index contributed by atoms with van der Waals surface area (Å²) in [6, 6.07) is 6.67. The zero-order valence-corrected chi connectivity index (χ0v) is 13.3. The van der Waals surface area contributed by atoms with E-state index in [2.05, 4.69) is 20.2 Å². The Morgan fingerprint density at radius 1 is 1.30 bits per heavy atom. The minimum absolute atomic E-state index is 0.189. The van der Waals surface area contributed by atoms with Gasteiger partial charge in [-0.25, -0.2) is 4.98 Å². The van der Waals surface area contributed by atoms with Gasteiger partial charge in [0.15, 0.2) is 0 Å². The van der Waals surface area contributed by atoms with Gasteiger partial charge in [-0.3, -0.25) is 9.59 Å². The normalized spacial score (nSPS) is 14.0. The molecule has 120 valence electrons. The first kappa shape index (κ1) is 15.6. The molecule has 0 radical (unpaired) electrons. The van der Waals surface area contributed by atoms with E-state index in [0.717, 1.165) is 18.8 Å². The van der Waals surface area contributed by atoms with E-state index in [9.17, 15) is 9.59 Å². The lowest BCUT2D eigenvalue weighted by Crippen LogP contribution is -2.24. The standard InChI is InChI=1S/C16H17ClN4O2/c17-13-7-11(3-4-14(13)21-5-1-2-6-21)16(23)18-9-12-8-15(22)20-10-19-12/h3-4,7-8,10H,1-2,5-6,9H2,(H,18,23)(H,19,20,22). The lowest BCUT2D eigenvalue weighted by molar-refractivity contribution is 0.0950. The maximum absolute atomic E-state index is 12.2. The van der Waals surface area contributed by atoms with E-state index in [4.69, 9.17) is 11.6 Å². The van der Waals surface area contributed by atoms with Crippen LogP contribution >= 0.6 is 11.6 Å². The number of nitrogens with one attached hydrogen (secondary N) is 2. The molecule has 1 aromatic heterocycles. The molecule has 2 N–H and O–H groups in total. The van der Waals surface area contributed by atoms with Gasteiger partial charge < -0.3 is 15.2 Å². The number of benzene rings is 1. The second kappa shape index (κ2) is 6.83. The number of aromatic nitrogens is 2. The van der Waals surface area contributed by atoms with Crippen LogP contribution in [0, 0.1) is 0 Å². The molecule has 1 fully saturated rings. The quantitative estimate of drug-likeness (QED) is 0.897. The van der Waals surface area contributed by atoms with Crippen LogP contribution in [0.4, 0.5) is 5.69 Å². The second-order valence-corrected chi connectivity index (χ2v) is 5.85. The smallest absolute Gasteiger partial charge is 0.251 e. The lowest BCUT2D eigenvalue weighted by Gasteiger charge is -2.19. The van der Waals surface area contributed by atoms with Crippen LogP contribution in [0.25, 0.3) is 0 Å². The summed E-state index contributed by atoms with van der Waals surface area (Å²) in [6.07, 6.45) is 3.65. The first-order valence-electron chi connectivity index (χ1n) is 7.50. The van der Waals surface area contributed by atoms with Gasteiger partial charge >= 0.3 is 0 Å². The zero-order valence-electron chi connectivity index (χ0n) is 12.5. The van der Waals surface area contributed by atoms with E-state index < -0.39 is 0 Å². The molecule has 0 spiro atoms. The van der Waals surface area contributed by atoms with Crippen molar-refractivity contribution in [3.8, 4) is 0 Å². The zero-order chi connectivity index (χ0) is 16.2. The number of H-pyrrole nitrogens is 1. The average Bonchev–Trinajstić information content (AvgIpc) is 3.06. The van der Waals surface area contributed by atoms with Gasteiger partial charge in [0, 0.05) is 24.7 Å². The molecule has 1 aromatic carbocycles. The minimum Gasteiger partial charge on any atom is -0.370 e. The van der Waals surface area contributed by atoms with Gasteiger partial charge in [0.25, 0.3) is 11.5 Å².